The monoisotopic (exact) mass is 952 g/mol. The molecule has 7 N–H and O–H groups in total. The molecule has 0 radical (unpaired) electrons. The molecule has 0 amide bonds. The van der Waals surface area contributed by atoms with E-state index in [1.54, 1.807) is 12.1 Å². The number of ketones is 1. The van der Waals surface area contributed by atoms with Gasteiger partial charge in [-0.05, 0) is 158 Å². The highest BCUT2D eigenvalue weighted by atomic mass is 16.5. The Morgan fingerprint density at radius 3 is 2.46 bits per heavy atom. The number of Topliss-reactive ketones (excluding diaryl/α,β-unsaturated/α-hetero) is 1. The minimum absolute atomic E-state index is 0.0140. The Kier molecular flexibility index (Phi) is 12.8. The molecule has 9 heteroatoms. The molecule has 1 aliphatic heterocycles. The number of phenolic OH excluding ortho intramolecular Hbond substituents is 3. The van der Waals surface area contributed by atoms with Crippen molar-refractivity contribution in [1.29, 1.82) is 0 Å². The third-order valence-corrected chi connectivity index (χ3v) is 20.6. The standard InChI is InChI=1S/C61H77NO8/c1-3-4-7-16-43-49(64)29-44(45-31-53(70-2)52(67)27-40(45)35-63)38(26-37-13-8-5-9-14-37)17-18-39-34-62-55-20-25-60-36-59(23-12-15-41(59)28-42(60)19-24-58(69)21-10-6-11-22-58)47-33-54(60)61(55,56(39)57(43)68)48-32-51(66)50(65)30-46(47)48/h5,8-9,13-14,27-28,30-32,38-39,41,43-44,47,54-57,62-63,65-69H,3-4,6-7,10-12,15-16,19-26,29,33-36H2,1-2H3. The van der Waals surface area contributed by atoms with Crippen LogP contribution in [0.2, 0.25) is 0 Å². The maximum Gasteiger partial charge on any atom is 0.160 e. The zero-order valence-electron chi connectivity index (χ0n) is 41.6. The maximum absolute atomic E-state index is 15.8. The van der Waals surface area contributed by atoms with E-state index in [9.17, 15) is 30.6 Å². The number of allylic oxidation sites excluding steroid dienone is 2. The van der Waals surface area contributed by atoms with Crippen LogP contribution in [-0.4, -0.2) is 67.8 Å². The fraction of sp³-hybridized carbons (Fsp3) is 0.623. The molecule has 4 saturated carbocycles. The van der Waals surface area contributed by atoms with E-state index in [-0.39, 0.29) is 82.4 Å². The summed E-state index contributed by atoms with van der Waals surface area (Å²) in [5.41, 5.74) is 4.40. The molecule has 13 unspecified atom stereocenters. The number of aliphatic hydroxyl groups is 3. The Balaban J connectivity index is 1.12. The van der Waals surface area contributed by atoms with Gasteiger partial charge in [0.05, 0.1) is 25.4 Å². The Hall–Kier alpha value is -4.33. The summed E-state index contributed by atoms with van der Waals surface area (Å²) < 4.78 is 5.66. The molecular weight excluding hydrogens is 875 g/mol. The van der Waals surface area contributed by atoms with Gasteiger partial charge in [-0.1, -0.05) is 106 Å². The van der Waals surface area contributed by atoms with Gasteiger partial charge < -0.3 is 40.7 Å². The normalized spacial score (nSPS) is 36.8. The van der Waals surface area contributed by atoms with E-state index in [4.69, 9.17) is 4.74 Å². The Morgan fingerprint density at radius 1 is 0.886 bits per heavy atom. The highest BCUT2D eigenvalue weighted by Crippen LogP contribution is 2.80. The van der Waals surface area contributed by atoms with Crippen LogP contribution in [0.15, 0.2) is 66.2 Å². The van der Waals surface area contributed by atoms with Gasteiger partial charge in [-0.15, -0.1) is 0 Å². The largest absolute Gasteiger partial charge is 0.504 e. The van der Waals surface area contributed by atoms with E-state index in [2.05, 4.69) is 42.3 Å². The average Bonchev–Trinajstić information content (AvgIpc) is 3.77. The number of ether oxygens (including phenoxy) is 1. The van der Waals surface area contributed by atoms with Crippen molar-refractivity contribution in [2.75, 3.05) is 13.7 Å². The van der Waals surface area contributed by atoms with Crippen LogP contribution in [0.1, 0.15) is 169 Å². The minimum atomic E-state index is -1.06. The Labute approximate surface area is 415 Å². The van der Waals surface area contributed by atoms with Gasteiger partial charge in [0.2, 0.25) is 0 Å². The molecule has 8 aliphatic rings. The molecule has 1 saturated heterocycles. The number of carbonyl (C=O) groups is 1. The van der Waals surface area contributed by atoms with Crippen molar-refractivity contribution in [3.8, 4) is 34.8 Å². The van der Waals surface area contributed by atoms with Gasteiger partial charge in [-0.3, -0.25) is 4.79 Å². The van der Waals surface area contributed by atoms with Crippen molar-refractivity contribution in [1.82, 2.24) is 5.32 Å². The van der Waals surface area contributed by atoms with Gasteiger partial charge in [0, 0.05) is 54.0 Å². The summed E-state index contributed by atoms with van der Waals surface area (Å²) in [5, 5.41) is 75.3. The zero-order chi connectivity index (χ0) is 48.6. The Morgan fingerprint density at radius 2 is 1.69 bits per heavy atom. The summed E-state index contributed by atoms with van der Waals surface area (Å²) in [6, 6.07) is 17.3. The Bertz CT molecular complexity index is 2560. The lowest BCUT2D eigenvalue weighted by Crippen LogP contribution is -2.75. The van der Waals surface area contributed by atoms with E-state index in [0.717, 1.165) is 119 Å². The number of piperidine rings is 1. The number of benzene rings is 3. The minimum Gasteiger partial charge on any atom is -0.504 e. The molecule has 0 aromatic heterocycles. The molecule has 9 nitrogen and oxygen atoms in total. The summed E-state index contributed by atoms with van der Waals surface area (Å²) >= 11 is 0. The molecule has 1 heterocycles. The zero-order valence-corrected chi connectivity index (χ0v) is 41.6. The van der Waals surface area contributed by atoms with Crippen molar-refractivity contribution >= 4 is 5.78 Å². The summed E-state index contributed by atoms with van der Waals surface area (Å²) in [7, 11) is 1.51. The number of phenols is 3. The second kappa shape index (κ2) is 18.6. The number of aromatic hydroxyl groups is 3. The predicted molar refractivity (Wildman–Crippen MR) is 270 cm³/mol. The maximum atomic E-state index is 15.8. The van der Waals surface area contributed by atoms with Crippen LogP contribution < -0.4 is 10.1 Å². The first-order valence-electron chi connectivity index (χ1n) is 27.4. The summed E-state index contributed by atoms with van der Waals surface area (Å²) in [6.07, 6.45) is 19.4. The highest BCUT2D eigenvalue weighted by molar-refractivity contribution is 5.83. The van der Waals surface area contributed by atoms with Crippen LogP contribution >= 0.6 is 0 Å². The fourth-order valence-corrected chi connectivity index (χ4v) is 17.7. The number of hydrogen-bond acceptors (Lipinski definition) is 9. The van der Waals surface area contributed by atoms with E-state index < -0.39 is 34.9 Å². The molecular formula is C61H77NO8. The number of methoxy groups -OCH3 is 1. The summed E-state index contributed by atoms with van der Waals surface area (Å²) in [4.78, 5) is 15.8. The van der Waals surface area contributed by atoms with E-state index in [1.165, 1.54) is 19.1 Å². The molecule has 5 fully saturated rings. The second-order valence-electron chi connectivity index (χ2n) is 23.7. The lowest BCUT2D eigenvalue weighted by molar-refractivity contribution is -0.165. The van der Waals surface area contributed by atoms with Gasteiger partial charge in [0.1, 0.15) is 5.78 Å². The lowest BCUT2D eigenvalue weighted by Gasteiger charge is -2.74. The molecule has 374 valence electrons. The first-order chi connectivity index (χ1) is 33.9. The number of aliphatic hydroxyl groups excluding tert-OH is 2. The van der Waals surface area contributed by atoms with Gasteiger partial charge in [0.15, 0.2) is 23.0 Å². The third-order valence-electron chi connectivity index (χ3n) is 20.6. The molecule has 11 rings (SSSR count). The van der Waals surface area contributed by atoms with Crippen molar-refractivity contribution in [3.05, 3.63) is 94.1 Å². The van der Waals surface area contributed by atoms with Crippen molar-refractivity contribution in [2.45, 2.75) is 177 Å². The lowest BCUT2D eigenvalue weighted by atomic mass is 9.31. The van der Waals surface area contributed by atoms with Gasteiger partial charge >= 0.3 is 0 Å². The molecule has 3 spiro atoms. The number of rotatable bonds is 12. The van der Waals surface area contributed by atoms with Crippen LogP contribution in [0.25, 0.3) is 0 Å². The van der Waals surface area contributed by atoms with Crippen molar-refractivity contribution < 1.29 is 40.2 Å². The molecule has 13 atom stereocenters. The average molecular weight is 952 g/mol. The van der Waals surface area contributed by atoms with Crippen LogP contribution in [0.3, 0.4) is 0 Å². The van der Waals surface area contributed by atoms with E-state index in [1.807, 2.05) is 30.3 Å². The van der Waals surface area contributed by atoms with Crippen LogP contribution in [0.5, 0.6) is 23.0 Å². The molecule has 7 aliphatic carbocycles. The van der Waals surface area contributed by atoms with E-state index in [0.29, 0.717) is 36.4 Å². The number of nitrogens with one attached hydrogen (secondary N) is 1. The highest BCUT2D eigenvalue weighted by Gasteiger charge is 2.75. The predicted octanol–water partition coefficient (Wildman–Crippen LogP) is 10.4. The van der Waals surface area contributed by atoms with Gasteiger partial charge in [-0.25, -0.2) is 0 Å². The summed E-state index contributed by atoms with van der Waals surface area (Å²) in [6.45, 7) is 2.37. The van der Waals surface area contributed by atoms with Gasteiger partial charge in [0.25, 0.3) is 0 Å². The first-order valence-corrected chi connectivity index (χ1v) is 27.4. The smallest absolute Gasteiger partial charge is 0.160 e. The fourth-order valence-electron chi connectivity index (χ4n) is 17.7. The number of hydrogen-bond donors (Lipinski definition) is 7. The number of unbranched alkanes of at least 4 members (excludes halogenated alkanes) is 2. The molecule has 3 aromatic rings. The quantitative estimate of drug-likeness (QED) is 0.0406. The van der Waals surface area contributed by atoms with Crippen LogP contribution in [0, 0.1) is 58.2 Å². The van der Waals surface area contributed by atoms with Crippen molar-refractivity contribution in [2.24, 2.45) is 46.3 Å². The SMILES string of the molecule is CCCCCC1C(=O)CC(c2cc(OC)c(O)cc2CO)C(Cc2ccccc2)C#CC2CNC3CCC45CC6(CCCC6C=C4CCC4(O)CCCCC4)C4CC5C3(c3cc(O)c(O)cc34)C2C1O. The van der Waals surface area contributed by atoms with E-state index >= 15 is 4.79 Å². The summed E-state index contributed by atoms with van der Waals surface area (Å²) in [5.74, 6) is 5.94. The van der Waals surface area contributed by atoms with Gasteiger partial charge in [-0.2, -0.15) is 0 Å². The van der Waals surface area contributed by atoms with Crippen molar-refractivity contribution in [3.63, 3.8) is 0 Å². The molecule has 4 bridgehead atoms. The molecule has 3 aromatic carbocycles. The third kappa shape index (κ3) is 7.58. The van der Waals surface area contributed by atoms with Crippen LogP contribution in [-0.2, 0) is 23.2 Å². The second-order valence-corrected chi connectivity index (χ2v) is 23.7. The van der Waals surface area contributed by atoms with Crippen LogP contribution in [0.4, 0.5) is 0 Å². The topological polar surface area (TPSA) is 160 Å². The number of carbonyl (C=O) groups excluding carboxylic acids is 1. The molecule has 70 heavy (non-hydrogen) atoms. The first kappa shape index (κ1) is 48.0. The number of fused-ring (bicyclic) bond motifs is 4.